The van der Waals surface area contributed by atoms with Gasteiger partial charge in [0.25, 0.3) is 15.9 Å². The second-order valence-corrected chi connectivity index (χ2v) is 10.3. The first-order valence-electron chi connectivity index (χ1n) is 9.13. The van der Waals surface area contributed by atoms with Gasteiger partial charge in [0, 0.05) is 16.3 Å². The first kappa shape index (κ1) is 19.9. The molecule has 2 aromatic carbocycles. The number of carbonyl (C=O) groups is 1. The molecule has 3 aromatic rings. The Balaban J connectivity index is 1.53. The van der Waals surface area contributed by atoms with Crippen LogP contribution >= 0.6 is 22.9 Å². The van der Waals surface area contributed by atoms with Crippen molar-refractivity contribution < 1.29 is 13.2 Å². The average molecular weight is 447 g/mol. The number of anilines is 1. The Hall–Kier alpha value is -2.35. The van der Waals surface area contributed by atoms with E-state index in [9.17, 15) is 13.2 Å². The van der Waals surface area contributed by atoms with Gasteiger partial charge in [-0.2, -0.15) is 0 Å². The second-order valence-electron chi connectivity index (χ2n) is 7.02. The Morgan fingerprint density at radius 3 is 2.41 bits per heavy atom. The lowest BCUT2D eigenvalue weighted by Crippen LogP contribution is -2.50. The highest BCUT2D eigenvalue weighted by atomic mass is 35.5. The zero-order valence-corrected chi connectivity index (χ0v) is 17.8. The molecule has 1 aliphatic rings. The van der Waals surface area contributed by atoms with Crippen LogP contribution < -0.4 is 10.0 Å². The van der Waals surface area contributed by atoms with E-state index in [1.165, 1.54) is 6.07 Å². The summed E-state index contributed by atoms with van der Waals surface area (Å²) >= 11 is 7.13. The van der Waals surface area contributed by atoms with Crippen molar-refractivity contribution in [2.75, 3.05) is 4.72 Å². The average Bonchev–Trinajstić information content (AvgIpc) is 3.21. The van der Waals surface area contributed by atoms with E-state index in [4.69, 9.17) is 11.6 Å². The number of amides is 1. The number of thiophene rings is 1. The highest BCUT2D eigenvalue weighted by Gasteiger charge is 2.40. The highest BCUT2D eigenvalue weighted by Crippen LogP contribution is 2.41. The first-order valence-corrected chi connectivity index (χ1v) is 11.9. The largest absolute Gasteiger partial charge is 0.343 e. The maximum Gasteiger partial charge on any atom is 0.271 e. The van der Waals surface area contributed by atoms with E-state index >= 15 is 0 Å². The van der Waals surface area contributed by atoms with Crippen molar-refractivity contribution in [3.8, 4) is 0 Å². The van der Waals surface area contributed by atoms with Crippen molar-refractivity contribution in [3.05, 3.63) is 82.2 Å². The van der Waals surface area contributed by atoms with Crippen LogP contribution in [0.2, 0.25) is 5.02 Å². The van der Waals surface area contributed by atoms with Gasteiger partial charge in [0.15, 0.2) is 0 Å². The molecule has 4 rings (SSSR count). The molecule has 2 N–H and O–H groups in total. The lowest BCUT2D eigenvalue weighted by Gasteiger charge is -2.43. The van der Waals surface area contributed by atoms with Crippen molar-refractivity contribution in [2.24, 2.45) is 0 Å². The number of hydrogen-bond donors (Lipinski definition) is 2. The Kier molecular flexibility index (Phi) is 5.38. The van der Waals surface area contributed by atoms with Gasteiger partial charge in [-0.15, -0.1) is 11.3 Å². The molecule has 1 heterocycles. The highest BCUT2D eigenvalue weighted by molar-refractivity contribution is 7.94. The minimum Gasteiger partial charge on any atom is -0.343 e. The van der Waals surface area contributed by atoms with Crippen LogP contribution in [0.3, 0.4) is 0 Å². The predicted molar refractivity (Wildman–Crippen MR) is 116 cm³/mol. The number of carbonyl (C=O) groups excluding carboxylic acids is 1. The molecule has 0 aliphatic heterocycles. The zero-order valence-electron chi connectivity index (χ0n) is 15.4. The van der Waals surface area contributed by atoms with Gasteiger partial charge in [0.2, 0.25) is 0 Å². The number of nitrogens with one attached hydrogen (secondary N) is 2. The fourth-order valence-corrected chi connectivity index (χ4v) is 5.59. The van der Waals surface area contributed by atoms with Gasteiger partial charge in [-0.1, -0.05) is 35.9 Å². The standard InChI is InChI=1S/C21H19ClN2O3S2/c22-17-9-7-16(8-10-17)21(11-3-12-21)23-20(25)15-4-1-5-18(14-15)24-29(26,27)19-6-2-13-28-19/h1-2,4-10,13-14,24H,3,11-12H2,(H,23,25). The molecule has 1 amide bonds. The van der Waals surface area contributed by atoms with Crippen LogP contribution in [0, 0.1) is 0 Å². The molecule has 1 fully saturated rings. The maximum atomic E-state index is 12.9. The summed E-state index contributed by atoms with van der Waals surface area (Å²) < 4.78 is 27.6. The van der Waals surface area contributed by atoms with E-state index in [1.54, 1.807) is 35.7 Å². The number of rotatable bonds is 6. The molecule has 0 radical (unpaired) electrons. The van der Waals surface area contributed by atoms with E-state index in [-0.39, 0.29) is 10.1 Å². The third kappa shape index (κ3) is 4.17. The summed E-state index contributed by atoms with van der Waals surface area (Å²) in [6.45, 7) is 0. The van der Waals surface area contributed by atoms with Crippen LogP contribution in [0.25, 0.3) is 0 Å². The number of sulfonamides is 1. The van der Waals surface area contributed by atoms with E-state index < -0.39 is 15.6 Å². The predicted octanol–water partition coefficient (Wildman–Crippen LogP) is 5.01. The summed E-state index contributed by atoms with van der Waals surface area (Å²) in [5.74, 6) is -0.239. The van der Waals surface area contributed by atoms with Crippen molar-refractivity contribution in [1.82, 2.24) is 5.32 Å². The van der Waals surface area contributed by atoms with Gasteiger partial charge in [-0.05, 0) is 66.6 Å². The number of benzene rings is 2. The van der Waals surface area contributed by atoms with Crippen molar-refractivity contribution in [2.45, 2.75) is 29.0 Å². The van der Waals surface area contributed by atoms with Gasteiger partial charge in [-0.25, -0.2) is 8.42 Å². The Bertz CT molecular complexity index is 1120. The smallest absolute Gasteiger partial charge is 0.271 e. The molecule has 1 aliphatic carbocycles. The third-order valence-electron chi connectivity index (χ3n) is 5.09. The molecule has 8 heteroatoms. The van der Waals surface area contributed by atoms with Gasteiger partial charge in [-0.3, -0.25) is 9.52 Å². The summed E-state index contributed by atoms with van der Waals surface area (Å²) in [7, 11) is -3.66. The van der Waals surface area contributed by atoms with Gasteiger partial charge in [0.05, 0.1) is 5.54 Å². The fourth-order valence-electron chi connectivity index (χ4n) is 3.42. The lowest BCUT2D eigenvalue weighted by molar-refractivity contribution is 0.0823. The molecular formula is C21H19ClN2O3S2. The van der Waals surface area contributed by atoms with Crippen molar-refractivity contribution >= 4 is 44.6 Å². The minimum absolute atomic E-state index is 0.225. The number of halogens is 1. The van der Waals surface area contributed by atoms with Crippen LogP contribution in [-0.2, 0) is 15.6 Å². The summed E-state index contributed by atoms with van der Waals surface area (Å²) in [4.78, 5) is 12.9. The molecule has 0 atom stereocenters. The van der Waals surface area contributed by atoms with E-state index in [1.807, 2.05) is 24.3 Å². The Labute approximate surface area is 178 Å². The van der Waals surface area contributed by atoms with Crippen molar-refractivity contribution in [1.29, 1.82) is 0 Å². The van der Waals surface area contributed by atoms with E-state index in [0.29, 0.717) is 16.3 Å². The summed E-state index contributed by atoms with van der Waals surface area (Å²) in [5.41, 5.74) is 1.36. The van der Waals surface area contributed by atoms with Crippen LogP contribution in [-0.4, -0.2) is 14.3 Å². The summed E-state index contributed by atoms with van der Waals surface area (Å²) in [6, 6.07) is 17.2. The van der Waals surface area contributed by atoms with E-state index in [2.05, 4.69) is 10.0 Å². The molecule has 0 saturated heterocycles. The molecule has 0 spiro atoms. The topological polar surface area (TPSA) is 75.3 Å². The summed E-state index contributed by atoms with van der Waals surface area (Å²) in [6.07, 6.45) is 2.74. The monoisotopic (exact) mass is 446 g/mol. The van der Waals surface area contributed by atoms with Gasteiger partial charge >= 0.3 is 0 Å². The van der Waals surface area contributed by atoms with Crippen LogP contribution in [0.1, 0.15) is 35.2 Å². The first-order chi connectivity index (χ1) is 13.9. The van der Waals surface area contributed by atoms with E-state index in [0.717, 1.165) is 36.2 Å². The maximum absolute atomic E-state index is 12.9. The van der Waals surface area contributed by atoms with Crippen LogP contribution in [0.5, 0.6) is 0 Å². The molecule has 1 aromatic heterocycles. The molecule has 29 heavy (non-hydrogen) atoms. The normalized spacial score (nSPS) is 15.3. The Morgan fingerprint density at radius 2 is 1.79 bits per heavy atom. The second kappa shape index (κ2) is 7.82. The van der Waals surface area contributed by atoms with Crippen molar-refractivity contribution in [3.63, 3.8) is 0 Å². The SMILES string of the molecule is O=C(NC1(c2ccc(Cl)cc2)CCC1)c1cccc(NS(=O)(=O)c2cccs2)c1. The summed E-state index contributed by atoms with van der Waals surface area (Å²) in [5, 5.41) is 5.50. The fraction of sp³-hybridized carbons (Fsp3) is 0.190. The molecule has 0 bridgehead atoms. The zero-order chi connectivity index (χ0) is 20.5. The molecule has 5 nitrogen and oxygen atoms in total. The number of hydrogen-bond acceptors (Lipinski definition) is 4. The molecular weight excluding hydrogens is 428 g/mol. The minimum atomic E-state index is -3.66. The van der Waals surface area contributed by atoms with Crippen LogP contribution in [0.15, 0.2) is 70.3 Å². The van der Waals surface area contributed by atoms with Gasteiger partial charge < -0.3 is 5.32 Å². The lowest BCUT2D eigenvalue weighted by atomic mass is 9.71. The van der Waals surface area contributed by atoms with Crippen LogP contribution in [0.4, 0.5) is 5.69 Å². The quantitative estimate of drug-likeness (QED) is 0.558. The third-order valence-corrected chi connectivity index (χ3v) is 8.12. The molecule has 150 valence electrons. The molecule has 1 saturated carbocycles. The molecule has 0 unspecified atom stereocenters. The van der Waals surface area contributed by atoms with Gasteiger partial charge in [0.1, 0.15) is 4.21 Å². The Morgan fingerprint density at radius 1 is 1.03 bits per heavy atom.